The quantitative estimate of drug-likeness (QED) is 0.766. The van der Waals surface area contributed by atoms with E-state index in [1.807, 2.05) is 9.80 Å². The summed E-state index contributed by atoms with van der Waals surface area (Å²) in [6.45, 7) is 4.13. The monoisotopic (exact) mass is 350 g/mol. The molecule has 3 aliphatic rings. The maximum absolute atomic E-state index is 12.7. The van der Waals surface area contributed by atoms with E-state index in [0.717, 1.165) is 31.7 Å². The van der Waals surface area contributed by atoms with Crippen LogP contribution in [0.15, 0.2) is 0 Å². The van der Waals surface area contributed by atoms with Crippen LogP contribution in [0.4, 0.5) is 0 Å². The average Bonchev–Trinajstić information content (AvgIpc) is 2.69. The van der Waals surface area contributed by atoms with Gasteiger partial charge in [0.2, 0.25) is 11.8 Å². The van der Waals surface area contributed by atoms with Gasteiger partial charge in [0.25, 0.3) is 0 Å². The number of likely N-dealkylation sites (tertiary alicyclic amines) is 1. The minimum atomic E-state index is -0.00542. The third kappa shape index (κ3) is 5.44. The Balaban J connectivity index is 1.40. The van der Waals surface area contributed by atoms with Crippen LogP contribution in [0.2, 0.25) is 0 Å². The van der Waals surface area contributed by atoms with E-state index in [2.05, 4.69) is 0 Å². The van der Waals surface area contributed by atoms with E-state index in [4.69, 9.17) is 4.74 Å². The lowest BCUT2D eigenvalue weighted by atomic mass is 9.85. The van der Waals surface area contributed by atoms with Gasteiger partial charge in [-0.2, -0.15) is 0 Å². The molecule has 5 nitrogen and oxygen atoms in total. The molecule has 1 unspecified atom stereocenters. The van der Waals surface area contributed by atoms with Crippen molar-refractivity contribution in [3.05, 3.63) is 0 Å². The number of ether oxygens (including phenoxy) is 1. The first kappa shape index (κ1) is 18.7. The Kier molecular flexibility index (Phi) is 7.14. The van der Waals surface area contributed by atoms with Crippen molar-refractivity contribution in [3.8, 4) is 0 Å². The first-order chi connectivity index (χ1) is 12.2. The molecule has 0 spiro atoms. The summed E-state index contributed by atoms with van der Waals surface area (Å²) in [7, 11) is 0. The summed E-state index contributed by atoms with van der Waals surface area (Å²) in [5.41, 5.74) is 0. The van der Waals surface area contributed by atoms with Crippen LogP contribution in [0.3, 0.4) is 0 Å². The number of carbonyl (C=O) groups excluding carboxylic acids is 2. The predicted octanol–water partition coefficient (Wildman–Crippen LogP) is 2.83. The van der Waals surface area contributed by atoms with Crippen LogP contribution in [0.25, 0.3) is 0 Å². The number of carbonyl (C=O) groups is 2. The van der Waals surface area contributed by atoms with Crippen LogP contribution < -0.4 is 0 Å². The van der Waals surface area contributed by atoms with Gasteiger partial charge >= 0.3 is 0 Å². The van der Waals surface area contributed by atoms with Crippen LogP contribution in [0.5, 0.6) is 0 Å². The van der Waals surface area contributed by atoms with Gasteiger partial charge in [-0.15, -0.1) is 0 Å². The Bertz CT molecular complexity index is 442. The molecular weight excluding hydrogens is 316 g/mol. The summed E-state index contributed by atoms with van der Waals surface area (Å²) in [6.07, 6.45) is 11.6. The Morgan fingerprint density at radius 3 is 2.40 bits per heavy atom. The van der Waals surface area contributed by atoms with Crippen molar-refractivity contribution in [1.29, 1.82) is 0 Å². The standard InChI is InChI=1S/C20H34N2O3/c23-19(10-4-8-17-6-2-1-3-7-17)22-11-5-9-18(16-22)20(24)21-12-14-25-15-13-21/h17-18H,1-16H2. The van der Waals surface area contributed by atoms with E-state index >= 15 is 0 Å². The van der Waals surface area contributed by atoms with E-state index in [9.17, 15) is 9.59 Å². The molecule has 0 aromatic heterocycles. The molecule has 142 valence electrons. The average molecular weight is 351 g/mol. The lowest BCUT2D eigenvalue weighted by Crippen LogP contribution is -2.49. The van der Waals surface area contributed by atoms with Crippen LogP contribution in [0, 0.1) is 11.8 Å². The largest absolute Gasteiger partial charge is 0.378 e. The number of morpholine rings is 1. The molecule has 2 amide bonds. The highest BCUT2D eigenvalue weighted by Crippen LogP contribution is 2.28. The molecular formula is C20H34N2O3. The molecule has 1 atom stereocenters. The molecule has 25 heavy (non-hydrogen) atoms. The molecule has 0 aromatic carbocycles. The molecule has 2 heterocycles. The molecule has 1 aliphatic carbocycles. The van der Waals surface area contributed by atoms with Gasteiger partial charge in [-0.25, -0.2) is 0 Å². The summed E-state index contributed by atoms with van der Waals surface area (Å²) in [4.78, 5) is 29.1. The second kappa shape index (κ2) is 9.56. The van der Waals surface area contributed by atoms with Gasteiger partial charge in [0, 0.05) is 32.6 Å². The van der Waals surface area contributed by atoms with Crippen molar-refractivity contribution in [3.63, 3.8) is 0 Å². The minimum absolute atomic E-state index is 0.00542. The van der Waals surface area contributed by atoms with Gasteiger partial charge in [-0.3, -0.25) is 9.59 Å². The van der Waals surface area contributed by atoms with Gasteiger partial charge in [-0.1, -0.05) is 32.1 Å². The lowest BCUT2D eigenvalue weighted by molar-refractivity contribution is -0.144. The first-order valence-electron chi connectivity index (χ1n) is 10.4. The topological polar surface area (TPSA) is 49.9 Å². The van der Waals surface area contributed by atoms with Crippen molar-refractivity contribution in [1.82, 2.24) is 9.80 Å². The fraction of sp³-hybridized carbons (Fsp3) is 0.900. The predicted molar refractivity (Wildman–Crippen MR) is 97.1 cm³/mol. The molecule has 0 bridgehead atoms. The van der Waals surface area contributed by atoms with Crippen LogP contribution in [-0.2, 0) is 14.3 Å². The van der Waals surface area contributed by atoms with Crippen LogP contribution in [-0.4, -0.2) is 61.0 Å². The van der Waals surface area contributed by atoms with Crippen molar-refractivity contribution in [2.45, 2.75) is 64.2 Å². The van der Waals surface area contributed by atoms with Crippen molar-refractivity contribution in [2.75, 3.05) is 39.4 Å². The lowest BCUT2D eigenvalue weighted by Gasteiger charge is -2.36. The van der Waals surface area contributed by atoms with E-state index in [0.29, 0.717) is 39.3 Å². The fourth-order valence-electron chi connectivity index (χ4n) is 4.62. The SMILES string of the molecule is O=C(CCCC1CCCCC1)N1CCCC(C(=O)N2CCOCC2)C1. The maximum Gasteiger partial charge on any atom is 0.227 e. The highest BCUT2D eigenvalue weighted by Gasteiger charge is 2.31. The minimum Gasteiger partial charge on any atom is -0.378 e. The summed E-state index contributed by atoms with van der Waals surface area (Å²) >= 11 is 0. The van der Waals surface area contributed by atoms with Gasteiger partial charge in [0.15, 0.2) is 0 Å². The number of amides is 2. The van der Waals surface area contributed by atoms with E-state index in [-0.39, 0.29) is 17.7 Å². The van der Waals surface area contributed by atoms with E-state index in [1.54, 1.807) is 0 Å². The molecule has 5 heteroatoms. The number of hydrogen-bond acceptors (Lipinski definition) is 3. The zero-order chi connectivity index (χ0) is 17.5. The summed E-state index contributed by atoms with van der Waals surface area (Å²) < 4.78 is 5.33. The molecule has 0 N–H and O–H groups in total. The van der Waals surface area contributed by atoms with Crippen molar-refractivity contribution < 1.29 is 14.3 Å². The second-order valence-electron chi connectivity index (χ2n) is 8.01. The third-order valence-corrected chi connectivity index (χ3v) is 6.17. The van der Waals surface area contributed by atoms with Gasteiger partial charge in [-0.05, 0) is 31.6 Å². The van der Waals surface area contributed by atoms with Gasteiger partial charge in [0.1, 0.15) is 0 Å². The molecule has 1 saturated carbocycles. The summed E-state index contributed by atoms with van der Waals surface area (Å²) in [5, 5.41) is 0. The number of piperidine rings is 1. The van der Waals surface area contributed by atoms with Crippen LogP contribution >= 0.6 is 0 Å². The Hall–Kier alpha value is -1.10. The van der Waals surface area contributed by atoms with Gasteiger partial charge < -0.3 is 14.5 Å². The zero-order valence-corrected chi connectivity index (χ0v) is 15.6. The molecule has 2 saturated heterocycles. The molecule has 3 rings (SSSR count). The fourth-order valence-corrected chi connectivity index (χ4v) is 4.62. The molecule has 3 fully saturated rings. The second-order valence-corrected chi connectivity index (χ2v) is 8.01. The zero-order valence-electron chi connectivity index (χ0n) is 15.6. The highest BCUT2D eigenvalue weighted by atomic mass is 16.5. The molecule has 0 radical (unpaired) electrons. The molecule has 0 aromatic rings. The Labute approximate surface area is 152 Å². The summed E-state index contributed by atoms with van der Waals surface area (Å²) in [6, 6.07) is 0. The Morgan fingerprint density at radius 1 is 0.880 bits per heavy atom. The van der Waals surface area contributed by atoms with E-state index < -0.39 is 0 Å². The number of rotatable bonds is 5. The van der Waals surface area contributed by atoms with Crippen molar-refractivity contribution >= 4 is 11.8 Å². The van der Waals surface area contributed by atoms with Gasteiger partial charge in [0.05, 0.1) is 19.1 Å². The Morgan fingerprint density at radius 2 is 1.64 bits per heavy atom. The van der Waals surface area contributed by atoms with Crippen molar-refractivity contribution in [2.24, 2.45) is 11.8 Å². The number of nitrogens with zero attached hydrogens (tertiary/aromatic N) is 2. The smallest absolute Gasteiger partial charge is 0.227 e. The highest BCUT2D eigenvalue weighted by molar-refractivity contribution is 5.81. The molecule has 2 aliphatic heterocycles. The normalized spacial score (nSPS) is 25.8. The summed E-state index contributed by atoms with van der Waals surface area (Å²) in [5.74, 6) is 1.32. The third-order valence-electron chi connectivity index (χ3n) is 6.17. The first-order valence-corrected chi connectivity index (χ1v) is 10.4. The maximum atomic E-state index is 12.7. The van der Waals surface area contributed by atoms with E-state index in [1.165, 1.54) is 38.5 Å². The number of hydrogen-bond donors (Lipinski definition) is 0. The van der Waals surface area contributed by atoms with Crippen LogP contribution in [0.1, 0.15) is 64.2 Å².